The van der Waals surface area contributed by atoms with Gasteiger partial charge in [-0.25, -0.2) is 0 Å². The van der Waals surface area contributed by atoms with Crippen molar-refractivity contribution in [1.29, 1.82) is 0 Å². The topological polar surface area (TPSA) is 29.3 Å². The van der Waals surface area contributed by atoms with E-state index >= 15 is 0 Å². The van der Waals surface area contributed by atoms with Crippen molar-refractivity contribution in [3.05, 3.63) is 35.4 Å². The molecule has 1 heterocycles. The molecule has 1 atom stereocenters. The van der Waals surface area contributed by atoms with Gasteiger partial charge in [0, 0.05) is 12.6 Å². The molecule has 1 aromatic carbocycles. The van der Waals surface area contributed by atoms with Crippen molar-refractivity contribution in [2.75, 3.05) is 19.6 Å². The van der Waals surface area contributed by atoms with E-state index in [1.54, 1.807) is 0 Å². The molecular formula is C18H30N2. The van der Waals surface area contributed by atoms with E-state index in [1.807, 2.05) is 0 Å². The van der Waals surface area contributed by atoms with Crippen LogP contribution in [0, 0.1) is 5.41 Å². The molecule has 1 aliphatic heterocycles. The Morgan fingerprint density at radius 3 is 2.30 bits per heavy atom. The molecule has 2 N–H and O–H groups in total. The summed E-state index contributed by atoms with van der Waals surface area (Å²) in [6.07, 6.45) is 4.94. The molecule has 0 amide bonds. The lowest BCUT2D eigenvalue weighted by atomic mass is 9.82. The number of hydrogen-bond acceptors (Lipinski definition) is 2. The fourth-order valence-electron chi connectivity index (χ4n) is 2.94. The van der Waals surface area contributed by atoms with E-state index in [-0.39, 0.29) is 6.04 Å². The maximum Gasteiger partial charge on any atom is 0.0424 e. The minimum Gasteiger partial charge on any atom is -0.323 e. The summed E-state index contributed by atoms with van der Waals surface area (Å²) in [7, 11) is 0. The molecule has 112 valence electrons. The van der Waals surface area contributed by atoms with Crippen LogP contribution in [0.25, 0.3) is 0 Å². The van der Waals surface area contributed by atoms with Gasteiger partial charge < -0.3 is 10.6 Å². The molecule has 2 nitrogen and oxygen atoms in total. The van der Waals surface area contributed by atoms with Crippen molar-refractivity contribution in [1.82, 2.24) is 4.90 Å². The van der Waals surface area contributed by atoms with Crippen molar-refractivity contribution in [3.8, 4) is 0 Å². The molecule has 1 saturated heterocycles. The first-order valence-corrected chi connectivity index (χ1v) is 8.07. The van der Waals surface area contributed by atoms with Crippen LogP contribution in [-0.2, 0) is 6.42 Å². The van der Waals surface area contributed by atoms with E-state index in [4.69, 9.17) is 5.73 Å². The number of aryl methyl sites for hydroxylation is 1. The van der Waals surface area contributed by atoms with E-state index in [1.165, 1.54) is 43.5 Å². The highest BCUT2D eigenvalue weighted by atomic mass is 15.1. The van der Waals surface area contributed by atoms with Crippen molar-refractivity contribution in [2.45, 2.75) is 52.5 Å². The predicted molar refractivity (Wildman–Crippen MR) is 86.8 cm³/mol. The zero-order valence-corrected chi connectivity index (χ0v) is 13.4. The van der Waals surface area contributed by atoms with Gasteiger partial charge in [-0.1, -0.05) is 51.5 Å². The Balaban J connectivity index is 1.87. The highest BCUT2D eigenvalue weighted by molar-refractivity contribution is 5.25. The fourth-order valence-corrected chi connectivity index (χ4v) is 2.94. The lowest BCUT2D eigenvalue weighted by molar-refractivity contribution is 0.127. The lowest BCUT2D eigenvalue weighted by Crippen LogP contribution is -2.40. The number of likely N-dealkylation sites (tertiary alicyclic amines) is 1. The summed E-state index contributed by atoms with van der Waals surface area (Å²) >= 11 is 0. The van der Waals surface area contributed by atoms with E-state index in [9.17, 15) is 0 Å². The molecule has 0 bridgehead atoms. The number of rotatable bonds is 5. The molecule has 0 aliphatic carbocycles. The van der Waals surface area contributed by atoms with Crippen molar-refractivity contribution < 1.29 is 0 Å². The third kappa shape index (κ3) is 4.32. The largest absolute Gasteiger partial charge is 0.323 e. The van der Waals surface area contributed by atoms with Gasteiger partial charge in [0.1, 0.15) is 0 Å². The summed E-state index contributed by atoms with van der Waals surface area (Å²) in [5.74, 6) is 0. The molecule has 2 heteroatoms. The molecule has 1 aliphatic rings. The number of nitrogens with two attached hydrogens (primary N) is 1. The van der Waals surface area contributed by atoms with E-state index in [2.05, 4.69) is 49.9 Å². The van der Waals surface area contributed by atoms with Crippen LogP contribution in [0.4, 0.5) is 0 Å². The van der Waals surface area contributed by atoms with Gasteiger partial charge in [0.15, 0.2) is 0 Å². The molecule has 0 saturated carbocycles. The van der Waals surface area contributed by atoms with E-state index in [0.717, 1.165) is 13.0 Å². The molecule has 0 spiro atoms. The highest BCUT2D eigenvalue weighted by Gasteiger charge is 2.26. The van der Waals surface area contributed by atoms with Crippen LogP contribution in [-0.4, -0.2) is 24.5 Å². The standard InChI is InChI=1S/C18H30N2/c1-4-5-15-6-8-16(9-7-15)17(19)14-20-12-10-18(2,3)11-13-20/h6-9,17H,4-5,10-14,19H2,1-3H3. The highest BCUT2D eigenvalue weighted by Crippen LogP contribution is 2.30. The molecule has 2 rings (SSSR count). The second-order valence-electron chi connectivity index (χ2n) is 7.06. The molecule has 1 fully saturated rings. The Bertz CT molecular complexity index is 398. The fraction of sp³-hybridized carbons (Fsp3) is 0.667. The van der Waals surface area contributed by atoms with Crippen LogP contribution >= 0.6 is 0 Å². The smallest absolute Gasteiger partial charge is 0.0424 e. The van der Waals surface area contributed by atoms with Crippen LogP contribution in [0.5, 0.6) is 0 Å². The second kappa shape index (κ2) is 6.73. The Morgan fingerprint density at radius 2 is 1.75 bits per heavy atom. The van der Waals surface area contributed by atoms with Gasteiger partial charge in [0.2, 0.25) is 0 Å². The van der Waals surface area contributed by atoms with Gasteiger partial charge in [-0.2, -0.15) is 0 Å². The lowest BCUT2D eigenvalue weighted by Gasteiger charge is -2.38. The van der Waals surface area contributed by atoms with E-state index in [0.29, 0.717) is 5.41 Å². The molecule has 1 aromatic rings. The third-order valence-corrected chi connectivity index (χ3v) is 4.61. The summed E-state index contributed by atoms with van der Waals surface area (Å²) in [6.45, 7) is 10.3. The Morgan fingerprint density at radius 1 is 1.15 bits per heavy atom. The summed E-state index contributed by atoms with van der Waals surface area (Å²) in [5.41, 5.74) is 9.58. The predicted octanol–water partition coefficient (Wildman–Crippen LogP) is 3.76. The van der Waals surface area contributed by atoms with Gasteiger partial charge in [-0.15, -0.1) is 0 Å². The van der Waals surface area contributed by atoms with Crippen LogP contribution in [0.1, 0.15) is 57.2 Å². The SMILES string of the molecule is CCCc1ccc(C(N)CN2CCC(C)(C)CC2)cc1. The second-order valence-corrected chi connectivity index (χ2v) is 7.06. The van der Waals surface area contributed by atoms with Gasteiger partial charge in [-0.05, 0) is 48.9 Å². The maximum atomic E-state index is 6.38. The Labute approximate surface area is 124 Å². The number of benzene rings is 1. The van der Waals surface area contributed by atoms with Gasteiger partial charge in [-0.3, -0.25) is 0 Å². The van der Waals surface area contributed by atoms with Crippen molar-refractivity contribution in [3.63, 3.8) is 0 Å². The third-order valence-electron chi connectivity index (χ3n) is 4.61. The summed E-state index contributed by atoms with van der Waals surface area (Å²) in [6, 6.07) is 9.04. The minimum atomic E-state index is 0.145. The van der Waals surface area contributed by atoms with Crippen LogP contribution in [0.15, 0.2) is 24.3 Å². The van der Waals surface area contributed by atoms with Crippen molar-refractivity contribution in [2.24, 2.45) is 11.1 Å². The summed E-state index contributed by atoms with van der Waals surface area (Å²) in [4.78, 5) is 2.52. The van der Waals surface area contributed by atoms with Gasteiger partial charge in [0.05, 0.1) is 0 Å². The van der Waals surface area contributed by atoms with Gasteiger partial charge in [0.25, 0.3) is 0 Å². The average molecular weight is 274 g/mol. The number of nitrogens with zero attached hydrogens (tertiary/aromatic N) is 1. The molecule has 1 unspecified atom stereocenters. The molecule has 20 heavy (non-hydrogen) atoms. The van der Waals surface area contributed by atoms with Gasteiger partial charge >= 0.3 is 0 Å². The summed E-state index contributed by atoms with van der Waals surface area (Å²) < 4.78 is 0. The first kappa shape index (κ1) is 15.5. The molecular weight excluding hydrogens is 244 g/mol. The van der Waals surface area contributed by atoms with E-state index < -0.39 is 0 Å². The van der Waals surface area contributed by atoms with Crippen LogP contribution < -0.4 is 5.73 Å². The number of piperidine rings is 1. The quantitative estimate of drug-likeness (QED) is 0.886. The normalized spacial score (nSPS) is 20.8. The minimum absolute atomic E-state index is 0.145. The van der Waals surface area contributed by atoms with Crippen LogP contribution in [0.2, 0.25) is 0 Å². The maximum absolute atomic E-state index is 6.38. The zero-order valence-electron chi connectivity index (χ0n) is 13.4. The monoisotopic (exact) mass is 274 g/mol. The molecule has 0 aromatic heterocycles. The first-order valence-electron chi connectivity index (χ1n) is 8.07. The first-order chi connectivity index (χ1) is 9.50. The summed E-state index contributed by atoms with van der Waals surface area (Å²) in [5, 5.41) is 0. The van der Waals surface area contributed by atoms with Crippen LogP contribution in [0.3, 0.4) is 0 Å². The molecule has 0 radical (unpaired) electrons. The number of hydrogen-bond donors (Lipinski definition) is 1. The Hall–Kier alpha value is -0.860. The Kier molecular flexibility index (Phi) is 5.22. The average Bonchev–Trinajstić information content (AvgIpc) is 2.42. The zero-order chi connectivity index (χ0) is 14.6. The van der Waals surface area contributed by atoms with Crippen molar-refractivity contribution >= 4 is 0 Å².